The number of nitro benzene ring substituents is 1. The predicted molar refractivity (Wildman–Crippen MR) is 78.6 cm³/mol. The Morgan fingerprint density at radius 2 is 2.19 bits per heavy atom. The molecule has 0 spiro atoms. The number of halogens is 1. The van der Waals surface area contributed by atoms with Crippen LogP contribution in [-0.4, -0.2) is 37.3 Å². The van der Waals surface area contributed by atoms with Crippen LogP contribution in [0.4, 0.5) is 5.69 Å². The molecule has 21 heavy (non-hydrogen) atoms. The molecule has 1 aromatic rings. The molecule has 2 rings (SSSR count). The number of rotatable bonds is 4. The Balaban J connectivity index is 2.35. The minimum absolute atomic E-state index is 0.0857. The van der Waals surface area contributed by atoms with E-state index < -0.39 is 20.6 Å². The fourth-order valence-electron chi connectivity index (χ4n) is 2.38. The number of nitro groups is 1. The van der Waals surface area contributed by atoms with Gasteiger partial charge in [0.15, 0.2) is 0 Å². The Bertz CT molecular complexity index is 650. The summed E-state index contributed by atoms with van der Waals surface area (Å²) in [7, 11) is -3.76. The topological polar surface area (TPSA) is 107 Å². The quantitative estimate of drug-likeness (QED) is 0.665. The Labute approximate surface area is 127 Å². The lowest BCUT2D eigenvalue weighted by Crippen LogP contribution is -2.41. The van der Waals surface area contributed by atoms with Crippen molar-refractivity contribution in [3.05, 3.63) is 33.3 Å². The molecule has 116 valence electrons. The second-order valence-electron chi connectivity index (χ2n) is 4.98. The monoisotopic (exact) mass is 333 g/mol. The van der Waals surface area contributed by atoms with Gasteiger partial charge in [0.2, 0.25) is 10.0 Å². The van der Waals surface area contributed by atoms with Crippen LogP contribution in [-0.2, 0) is 10.0 Å². The molecule has 0 bridgehead atoms. The summed E-state index contributed by atoms with van der Waals surface area (Å²) < 4.78 is 26.4. The van der Waals surface area contributed by atoms with Crippen LogP contribution in [0.3, 0.4) is 0 Å². The minimum atomic E-state index is -3.76. The fourth-order valence-corrected chi connectivity index (χ4v) is 4.14. The van der Waals surface area contributed by atoms with Crippen LogP contribution in [0.1, 0.15) is 12.8 Å². The highest BCUT2D eigenvalue weighted by Gasteiger charge is 2.31. The molecule has 1 aromatic carbocycles. The third-order valence-electron chi connectivity index (χ3n) is 3.57. The first-order chi connectivity index (χ1) is 9.86. The minimum Gasteiger partial charge on any atom is -0.330 e. The second kappa shape index (κ2) is 6.27. The molecule has 1 fully saturated rings. The van der Waals surface area contributed by atoms with Gasteiger partial charge in [-0.25, -0.2) is 8.42 Å². The fraction of sp³-hybridized carbons (Fsp3) is 0.500. The highest BCUT2D eigenvalue weighted by atomic mass is 35.5. The van der Waals surface area contributed by atoms with Crippen molar-refractivity contribution in [3.8, 4) is 0 Å². The van der Waals surface area contributed by atoms with E-state index in [9.17, 15) is 18.5 Å². The summed E-state index contributed by atoms with van der Waals surface area (Å²) >= 11 is 5.71. The van der Waals surface area contributed by atoms with Crippen molar-refractivity contribution < 1.29 is 13.3 Å². The van der Waals surface area contributed by atoms with Crippen LogP contribution >= 0.6 is 11.6 Å². The van der Waals surface area contributed by atoms with E-state index in [1.54, 1.807) is 0 Å². The molecule has 0 amide bonds. The normalized spacial score (nSPS) is 20.4. The molecule has 0 radical (unpaired) electrons. The van der Waals surface area contributed by atoms with Gasteiger partial charge in [-0.15, -0.1) is 0 Å². The number of hydrogen-bond acceptors (Lipinski definition) is 5. The smallest absolute Gasteiger partial charge is 0.289 e. The molecule has 1 aliphatic heterocycles. The molecule has 1 atom stereocenters. The average molecular weight is 334 g/mol. The van der Waals surface area contributed by atoms with Gasteiger partial charge in [-0.3, -0.25) is 10.1 Å². The van der Waals surface area contributed by atoms with E-state index in [0.29, 0.717) is 19.6 Å². The zero-order chi connectivity index (χ0) is 15.6. The Morgan fingerprint density at radius 3 is 2.81 bits per heavy atom. The van der Waals surface area contributed by atoms with Gasteiger partial charge in [0.05, 0.1) is 9.82 Å². The van der Waals surface area contributed by atoms with Crippen molar-refractivity contribution >= 4 is 27.3 Å². The molecule has 1 saturated heterocycles. The van der Waals surface area contributed by atoms with E-state index in [2.05, 4.69) is 0 Å². The van der Waals surface area contributed by atoms with Crippen molar-refractivity contribution in [1.82, 2.24) is 4.31 Å². The van der Waals surface area contributed by atoms with Gasteiger partial charge in [0.25, 0.3) is 5.69 Å². The summed E-state index contributed by atoms with van der Waals surface area (Å²) in [6.07, 6.45) is 1.63. The molecule has 0 saturated carbocycles. The lowest BCUT2D eigenvalue weighted by atomic mass is 10.0. The maximum atomic E-state index is 12.6. The Morgan fingerprint density at radius 1 is 1.48 bits per heavy atom. The zero-order valence-electron chi connectivity index (χ0n) is 11.2. The number of hydrogen-bond donors (Lipinski definition) is 1. The predicted octanol–water partition coefficient (Wildman–Crippen LogP) is 1.61. The number of nitrogens with two attached hydrogens (primary N) is 1. The van der Waals surface area contributed by atoms with Crippen LogP contribution in [0, 0.1) is 16.0 Å². The highest BCUT2D eigenvalue weighted by Crippen LogP contribution is 2.30. The average Bonchev–Trinajstić information content (AvgIpc) is 2.47. The van der Waals surface area contributed by atoms with Crippen LogP contribution in [0.25, 0.3) is 0 Å². The number of nitrogens with zero attached hydrogens (tertiary/aromatic N) is 2. The SMILES string of the molecule is NCC1CCCN(S(=O)(=O)c2ccc(Cl)c([N+](=O)[O-])c2)C1. The van der Waals surface area contributed by atoms with Crippen LogP contribution < -0.4 is 5.73 Å². The number of piperidine rings is 1. The van der Waals surface area contributed by atoms with Gasteiger partial charge >= 0.3 is 0 Å². The largest absolute Gasteiger partial charge is 0.330 e. The van der Waals surface area contributed by atoms with E-state index in [1.165, 1.54) is 16.4 Å². The standard InChI is InChI=1S/C12H16ClN3O4S/c13-11-4-3-10(6-12(11)16(17)18)21(19,20)15-5-1-2-9(7-14)8-15/h3-4,6,9H,1-2,5,7-8,14H2. The zero-order valence-corrected chi connectivity index (χ0v) is 12.8. The van der Waals surface area contributed by atoms with Gasteiger partial charge in [-0.05, 0) is 37.4 Å². The summed E-state index contributed by atoms with van der Waals surface area (Å²) in [5, 5.41) is 10.8. The summed E-state index contributed by atoms with van der Waals surface area (Å²) in [4.78, 5) is 10.1. The van der Waals surface area contributed by atoms with Crippen molar-refractivity contribution in [1.29, 1.82) is 0 Å². The number of sulfonamides is 1. The van der Waals surface area contributed by atoms with Crippen LogP contribution in [0.2, 0.25) is 5.02 Å². The molecule has 2 N–H and O–H groups in total. The first kappa shape index (κ1) is 16.2. The molecule has 0 aromatic heterocycles. The second-order valence-corrected chi connectivity index (χ2v) is 7.32. The van der Waals surface area contributed by atoms with Crippen LogP contribution in [0.5, 0.6) is 0 Å². The highest BCUT2D eigenvalue weighted by molar-refractivity contribution is 7.89. The maximum Gasteiger partial charge on any atom is 0.289 e. The lowest BCUT2D eigenvalue weighted by Gasteiger charge is -2.31. The van der Waals surface area contributed by atoms with E-state index in [0.717, 1.165) is 18.9 Å². The summed E-state index contributed by atoms with van der Waals surface area (Å²) in [6.45, 7) is 1.16. The van der Waals surface area contributed by atoms with E-state index >= 15 is 0 Å². The first-order valence-corrected chi connectivity index (χ1v) is 8.32. The third kappa shape index (κ3) is 3.34. The maximum absolute atomic E-state index is 12.6. The molecule has 9 heteroatoms. The lowest BCUT2D eigenvalue weighted by molar-refractivity contribution is -0.384. The third-order valence-corrected chi connectivity index (χ3v) is 5.75. The molecule has 7 nitrogen and oxygen atoms in total. The molecule has 0 aliphatic carbocycles. The van der Waals surface area contributed by atoms with Gasteiger partial charge in [-0.1, -0.05) is 11.6 Å². The summed E-state index contributed by atoms with van der Waals surface area (Å²) in [6, 6.07) is 3.53. The van der Waals surface area contributed by atoms with E-state index in [4.69, 9.17) is 17.3 Å². The van der Waals surface area contributed by atoms with E-state index in [1.807, 2.05) is 0 Å². The summed E-state index contributed by atoms with van der Waals surface area (Å²) in [5.74, 6) is 0.121. The summed E-state index contributed by atoms with van der Waals surface area (Å²) in [5.41, 5.74) is 5.19. The van der Waals surface area contributed by atoms with Gasteiger partial charge in [-0.2, -0.15) is 4.31 Å². The Kier molecular flexibility index (Phi) is 4.82. The molecule has 1 heterocycles. The molecular weight excluding hydrogens is 318 g/mol. The van der Waals surface area contributed by atoms with E-state index in [-0.39, 0.29) is 15.8 Å². The van der Waals surface area contributed by atoms with Crippen LogP contribution in [0.15, 0.2) is 23.1 Å². The first-order valence-electron chi connectivity index (χ1n) is 6.50. The van der Waals surface area contributed by atoms with Gasteiger partial charge < -0.3 is 5.73 Å². The number of benzene rings is 1. The van der Waals surface area contributed by atoms with Gasteiger partial charge in [0, 0.05) is 19.2 Å². The van der Waals surface area contributed by atoms with Crippen molar-refractivity contribution in [2.24, 2.45) is 11.7 Å². The Hall–Kier alpha value is -1.22. The molecule has 1 unspecified atom stereocenters. The van der Waals surface area contributed by atoms with Crippen molar-refractivity contribution in [3.63, 3.8) is 0 Å². The molecular formula is C12H16ClN3O4S. The molecule has 1 aliphatic rings. The van der Waals surface area contributed by atoms with Crippen molar-refractivity contribution in [2.45, 2.75) is 17.7 Å². The van der Waals surface area contributed by atoms with Crippen molar-refractivity contribution in [2.75, 3.05) is 19.6 Å². The van der Waals surface area contributed by atoms with Gasteiger partial charge in [0.1, 0.15) is 5.02 Å².